The molecule has 118 valence electrons. The largest absolute Gasteiger partial charge is 0.463 e. The van der Waals surface area contributed by atoms with Crippen molar-refractivity contribution < 1.29 is 26.7 Å². The first-order chi connectivity index (χ1) is 9.20. The fraction of sp³-hybridized carbons (Fsp3) is 0.917. The highest BCUT2D eigenvalue weighted by atomic mass is 19.4. The zero-order chi connectivity index (χ0) is 15.4. The van der Waals surface area contributed by atoms with E-state index in [-0.39, 0.29) is 19.1 Å². The molecule has 1 N–H and O–H groups in total. The van der Waals surface area contributed by atoms with Gasteiger partial charge >= 0.3 is 18.0 Å². The predicted octanol–water partition coefficient (Wildman–Crippen LogP) is 2.56. The minimum absolute atomic E-state index is 0.0841. The first-order valence-corrected chi connectivity index (χ1v) is 6.67. The Kier molecular flexibility index (Phi) is 5.73. The van der Waals surface area contributed by atoms with Gasteiger partial charge in [0.25, 0.3) is 0 Å². The van der Waals surface area contributed by atoms with Crippen LogP contribution in [-0.2, 0) is 4.79 Å². The molecule has 1 aliphatic rings. The Balaban J connectivity index is 2.77. The molecule has 0 aliphatic carbocycles. The normalized spacial score (nSPS) is 20.2. The van der Waals surface area contributed by atoms with Crippen LogP contribution in [0.3, 0.4) is 0 Å². The highest BCUT2D eigenvalue weighted by Crippen LogP contribution is 2.37. The highest BCUT2D eigenvalue weighted by Gasteiger charge is 2.64. The van der Waals surface area contributed by atoms with E-state index in [9.17, 15) is 26.7 Å². The molecule has 1 amide bonds. The third-order valence-corrected chi connectivity index (χ3v) is 3.30. The van der Waals surface area contributed by atoms with E-state index in [4.69, 9.17) is 0 Å². The second kappa shape index (κ2) is 6.69. The van der Waals surface area contributed by atoms with Crippen molar-refractivity contribution >= 4 is 5.91 Å². The van der Waals surface area contributed by atoms with Crippen molar-refractivity contribution in [2.45, 2.75) is 50.7 Å². The number of nitrogens with zero attached hydrogens (tertiary/aromatic N) is 1. The molecule has 0 aromatic carbocycles. The maximum absolute atomic E-state index is 13.1. The summed E-state index contributed by atoms with van der Waals surface area (Å²) in [5, 5.41) is 2.99. The molecule has 1 rings (SSSR count). The lowest BCUT2D eigenvalue weighted by molar-refractivity contribution is -0.274. The fourth-order valence-electron chi connectivity index (χ4n) is 2.12. The van der Waals surface area contributed by atoms with Gasteiger partial charge in [0.2, 0.25) is 0 Å². The quantitative estimate of drug-likeness (QED) is 0.765. The van der Waals surface area contributed by atoms with Crippen LogP contribution in [0.1, 0.15) is 32.6 Å². The van der Waals surface area contributed by atoms with Crippen LogP contribution in [-0.4, -0.2) is 48.6 Å². The van der Waals surface area contributed by atoms with Crippen molar-refractivity contribution in [2.24, 2.45) is 0 Å². The van der Waals surface area contributed by atoms with E-state index in [1.807, 2.05) is 0 Å². The standard InChI is InChI=1S/C12H19F5N2O/c1-2-3-7-19(8-9-5-4-6-18-9)10(20)11(13,14)12(15,16)17/h9,18H,2-8H2,1H3. The van der Waals surface area contributed by atoms with Gasteiger partial charge in [0.1, 0.15) is 0 Å². The molecule has 1 unspecified atom stereocenters. The van der Waals surface area contributed by atoms with Crippen LogP contribution in [0.2, 0.25) is 0 Å². The number of nitrogens with one attached hydrogen (secondary N) is 1. The molecule has 8 heteroatoms. The lowest BCUT2D eigenvalue weighted by atomic mass is 10.1. The number of alkyl halides is 5. The maximum atomic E-state index is 13.1. The summed E-state index contributed by atoms with van der Waals surface area (Å²) in [6, 6.07) is -0.208. The Hall–Kier alpha value is -0.920. The number of hydrogen-bond donors (Lipinski definition) is 1. The topological polar surface area (TPSA) is 32.3 Å². The Labute approximate surface area is 114 Å². The number of unbranched alkanes of at least 4 members (excludes halogenated alkanes) is 1. The first-order valence-electron chi connectivity index (χ1n) is 6.67. The molecular weight excluding hydrogens is 283 g/mol. The van der Waals surface area contributed by atoms with E-state index < -0.39 is 18.0 Å². The van der Waals surface area contributed by atoms with Gasteiger partial charge < -0.3 is 10.2 Å². The monoisotopic (exact) mass is 302 g/mol. The summed E-state index contributed by atoms with van der Waals surface area (Å²) < 4.78 is 63.1. The van der Waals surface area contributed by atoms with E-state index in [1.54, 1.807) is 6.92 Å². The van der Waals surface area contributed by atoms with Gasteiger partial charge in [-0.2, -0.15) is 22.0 Å². The molecule has 1 atom stereocenters. The van der Waals surface area contributed by atoms with Crippen LogP contribution in [0, 0.1) is 0 Å². The third kappa shape index (κ3) is 4.04. The van der Waals surface area contributed by atoms with Crippen molar-refractivity contribution in [2.75, 3.05) is 19.6 Å². The molecule has 0 saturated carbocycles. The zero-order valence-electron chi connectivity index (χ0n) is 11.3. The molecule has 0 bridgehead atoms. The van der Waals surface area contributed by atoms with Gasteiger partial charge in [-0.3, -0.25) is 4.79 Å². The van der Waals surface area contributed by atoms with Crippen molar-refractivity contribution in [3.63, 3.8) is 0 Å². The van der Waals surface area contributed by atoms with Crippen LogP contribution >= 0.6 is 0 Å². The van der Waals surface area contributed by atoms with Gasteiger partial charge in [0.15, 0.2) is 0 Å². The lowest BCUT2D eigenvalue weighted by Crippen LogP contribution is -2.54. The van der Waals surface area contributed by atoms with Gasteiger partial charge in [-0.1, -0.05) is 13.3 Å². The van der Waals surface area contributed by atoms with Crippen molar-refractivity contribution in [3.05, 3.63) is 0 Å². The molecule has 0 radical (unpaired) electrons. The summed E-state index contributed by atoms with van der Waals surface area (Å²) in [7, 11) is 0. The average molecular weight is 302 g/mol. The molecule has 20 heavy (non-hydrogen) atoms. The van der Waals surface area contributed by atoms with Gasteiger partial charge in [-0.25, -0.2) is 0 Å². The van der Waals surface area contributed by atoms with E-state index in [2.05, 4.69) is 5.32 Å². The molecule has 0 spiro atoms. The summed E-state index contributed by atoms with van der Waals surface area (Å²) in [5.41, 5.74) is 0. The van der Waals surface area contributed by atoms with Crippen molar-refractivity contribution in [1.29, 1.82) is 0 Å². The summed E-state index contributed by atoms with van der Waals surface area (Å²) >= 11 is 0. The van der Waals surface area contributed by atoms with Gasteiger partial charge in [-0.15, -0.1) is 0 Å². The SMILES string of the molecule is CCCCN(CC1CCCN1)C(=O)C(F)(F)C(F)(F)F. The molecule has 0 aromatic heterocycles. The van der Waals surface area contributed by atoms with E-state index in [1.165, 1.54) is 0 Å². The third-order valence-electron chi connectivity index (χ3n) is 3.30. The van der Waals surface area contributed by atoms with Crippen LogP contribution < -0.4 is 5.32 Å². The van der Waals surface area contributed by atoms with Gasteiger partial charge in [-0.05, 0) is 25.8 Å². The maximum Gasteiger partial charge on any atom is 0.463 e. The van der Waals surface area contributed by atoms with E-state index >= 15 is 0 Å². The summed E-state index contributed by atoms with van der Waals surface area (Å²) in [6.07, 6.45) is -3.34. The Morgan fingerprint density at radius 1 is 1.30 bits per heavy atom. The van der Waals surface area contributed by atoms with E-state index in [0.29, 0.717) is 30.7 Å². The predicted molar refractivity (Wildman–Crippen MR) is 63.5 cm³/mol. The number of halogens is 5. The number of rotatable bonds is 6. The second-order valence-electron chi connectivity index (χ2n) is 4.97. The van der Waals surface area contributed by atoms with Crippen LogP contribution in [0.5, 0.6) is 0 Å². The number of carbonyl (C=O) groups excluding carboxylic acids is 1. The van der Waals surface area contributed by atoms with E-state index in [0.717, 1.165) is 6.42 Å². The smallest absolute Gasteiger partial charge is 0.336 e. The molecule has 1 saturated heterocycles. The Morgan fingerprint density at radius 2 is 1.95 bits per heavy atom. The lowest BCUT2D eigenvalue weighted by Gasteiger charge is -2.30. The summed E-state index contributed by atoms with van der Waals surface area (Å²) in [4.78, 5) is 12.2. The van der Waals surface area contributed by atoms with Gasteiger partial charge in [0, 0.05) is 19.1 Å². The molecule has 0 aromatic rings. The number of amides is 1. The first kappa shape index (κ1) is 17.1. The Bertz CT molecular complexity index is 326. The van der Waals surface area contributed by atoms with Crippen molar-refractivity contribution in [1.82, 2.24) is 10.2 Å². The molecule has 1 heterocycles. The van der Waals surface area contributed by atoms with Crippen LogP contribution in [0.25, 0.3) is 0 Å². The number of carbonyl (C=O) groups is 1. The highest BCUT2D eigenvalue weighted by molar-refractivity contribution is 5.84. The number of hydrogen-bond acceptors (Lipinski definition) is 2. The average Bonchev–Trinajstić information content (AvgIpc) is 2.84. The molecular formula is C12H19F5N2O. The minimum atomic E-state index is -5.85. The zero-order valence-corrected chi connectivity index (χ0v) is 11.3. The summed E-state index contributed by atoms with van der Waals surface area (Å²) in [5.74, 6) is -7.47. The van der Waals surface area contributed by atoms with Gasteiger partial charge in [0.05, 0.1) is 0 Å². The minimum Gasteiger partial charge on any atom is -0.336 e. The second-order valence-corrected chi connectivity index (χ2v) is 4.97. The van der Waals surface area contributed by atoms with Crippen molar-refractivity contribution in [3.8, 4) is 0 Å². The Morgan fingerprint density at radius 3 is 2.40 bits per heavy atom. The fourth-order valence-corrected chi connectivity index (χ4v) is 2.12. The molecule has 3 nitrogen and oxygen atoms in total. The van der Waals surface area contributed by atoms with Crippen LogP contribution in [0.4, 0.5) is 22.0 Å². The summed E-state index contributed by atoms with van der Waals surface area (Å²) in [6.45, 7) is 2.28. The van der Waals surface area contributed by atoms with Crippen LogP contribution in [0.15, 0.2) is 0 Å². The molecule has 1 aliphatic heterocycles. The molecule has 1 fully saturated rings.